The molecule has 3 aromatic carbocycles. The van der Waals surface area contributed by atoms with E-state index in [1.165, 1.54) is 18.2 Å². The van der Waals surface area contributed by atoms with Crippen molar-refractivity contribution < 1.29 is 23.1 Å². The van der Waals surface area contributed by atoms with Crippen LogP contribution in [0.4, 0.5) is 13.2 Å². The Bertz CT molecular complexity index is 1660. The number of nitrogens with one attached hydrogen (secondary N) is 2. The van der Waals surface area contributed by atoms with Gasteiger partial charge in [0.2, 0.25) is 0 Å². The zero-order valence-corrected chi connectivity index (χ0v) is 21.4. The molecule has 6 nitrogen and oxygen atoms in total. The van der Waals surface area contributed by atoms with Gasteiger partial charge in [-0.1, -0.05) is 41.4 Å². The Morgan fingerprint density at radius 2 is 1.72 bits per heavy atom. The van der Waals surface area contributed by atoms with Crippen LogP contribution < -0.4 is 10.9 Å². The molecular formula is C28H18Cl2F3N3O3. The minimum atomic E-state index is -4.69. The minimum Gasteiger partial charge on any atom is -0.507 e. The fourth-order valence-electron chi connectivity index (χ4n) is 3.99. The van der Waals surface area contributed by atoms with Gasteiger partial charge in [-0.25, -0.2) is 0 Å². The lowest BCUT2D eigenvalue weighted by Gasteiger charge is -2.15. The molecule has 4 rings (SSSR count). The van der Waals surface area contributed by atoms with Crippen LogP contribution in [0.5, 0.6) is 5.75 Å². The van der Waals surface area contributed by atoms with Crippen LogP contribution in [0.15, 0.2) is 71.5 Å². The number of rotatable bonds is 6. The molecule has 3 N–H and O–H groups in total. The first-order chi connectivity index (χ1) is 18.5. The van der Waals surface area contributed by atoms with Gasteiger partial charge < -0.3 is 15.4 Å². The number of aromatic nitrogens is 1. The number of hydrogen-bond donors (Lipinski definition) is 3. The van der Waals surface area contributed by atoms with Crippen LogP contribution in [0, 0.1) is 11.3 Å². The second-order valence-electron chi connectivity index (χ2n) is 8.44. The summed E-state index contributed by atoms with van der Waals surface area (Å²) in [5, 5.41) is 23.4. The number of nitriles is 1. The minimum absolute atomic E-state index is 0.00273. The third-order valence-electron chi connectivity index (χ3n) is 5.89. The van der Waals surface area contributed by atoms with Crippen LogP contribution in [0.1, 0.15) is 27.0 Å². The van der Waals surface area contributed by atoms with Gasteiger partial charge in [0.25, 0.3) is 11.5 Å². The molecule has 39 heavy (non-hydrogen) atoms. The molecule has 0 aliphatic heterocycles. The van der Waals surface area contributed by atoms with Gasteiger partial charge in [-0.15, -0.1) is 0 Å². The molecule has 1 amide bonds. The highest BCUT2D eigenvalue weighted by atomic mass is 35.5. The molecule has 0 saturated carbocycles. The highest BCUT2D eigenvalue weighted by molar-refractivity contribution is 6.33. The number of halogens is 5. The smallest absolute Gasteiger partial charge is 0.416 e. The van der Waals surface area contributed by atoms with Crippen molar-refractivity contribution in [3.05, 3.63) is 109 Å². The molecule has 0 aliphatic rings. The molecular weight excluding hydrogens is 554 g/mol. The van der Waals surface area contributed by atoms with Gasteiger partial charge >= 0.3 is 6.18 Å². The Kier molecular flexibility index (Phi) is 8.00. The number of carbonyl (C=O) groups excluding carboxylic acids is 1. The van der Waals surface area contributed by atoms with Gasteiger partial charge in [0, 0.05) is 38.8 Å². The van der Waals surface area contributed by atoms with E-state index in [4.69, 9.17) is 23.2 Å². The normalized spacial score (nSPS) is 11.2. The van der Waals surface area contributed by atoms with Crippen LogP contribution in [0.2, 0.25) is 10.0 Å². The second-order valence-corrected chi connectivity index (χ2v) is 9.28. The standard InChI is InChI=1S/C28H18Cl2F3N3O3/c29-18-10-16(8-9-35-26(38)15-4-2-1-3-5-15)25(37)21(12-18)24-13-19(22(14-34)27(39)36-24)20-11-17(28(31,32)33)6-7-23(20)30/h1-7,10-13,37H,8-9H2,(H,35,38)(H,36,39). The second kappa shape index (κ2) is 11.2. The molecule has 0 spiro atoms. The Balaban J connectivity index is 1.73. The monoisotopic (exact) mass is 571 g/mol. The van der Waals surface area contributed by atoms with Gasteiger partial charge in [0.05, 0.1) is 11.3 Å². The third kappa shape index (κ3) is 6.08. The number of benzene rings is 3. The number of phenolic OH excluding ortho intramolecular Hbond substituents is 1. The van der Waals surface area contributed by atoms with E-state index in [-0.39, 0.29) is 57.1 Å². The van der Waals surface area contributed by atoms with Crippen LogP contribution in [-0.2, 0) is 12.6 Å². The average Bonchev–Trinajstić information content (AvgIpc) is 2.90. The van der Waals surface area contributed by atoms with Gasteiger partial charge in [-0.2, -0.15) is 18.4 Å². The highest BCUT2D eigenvalue weighted by Crippen LogP contribution is 2.39. The molecule has 0 saturated heterocycles. The summed E-state index contributed by atoms with van der Waals surface area (Å²) in [6.45, 7) is 0.149. The van der Waals surface area contributed by atoms with Crippen molar-refractivity contribution in [2.45, 2.75) is 12.6 Å². The highest BCUT2D eigenvalue weighted by Gasteiger charge is 2.31. The van der Waals surface area contributed by atoms with Crippen molar-refractivity contribution in [1.82, 2.24) is 10.3 Å². The number of hydrogen-bond acceptors (Lipinski definition) is 4. The summed E-state index contributed by atoms with van der Waals surface area (Å²) in [6.07, 6.45) is -4.52. The maximum atomic E-state index is 13.4. The first kappa shape index (κ1) is 27.8. The number of H-pyrrole nitrogens is 1. The molecule has 0 atom stereocenters. The zero-order valence-electron chi connectivity index (χ0n) is 19.9. The fourth-order valence-corrected chi connectivity index (χ4v) is 4.45. The van der Waals surface area contributed by atoms with Crippen LogP contribution in [-0.4, -0.2) is 22.5 Å². The number of amides is 1. The quantitative estimate of drug-likeness (QED) is 0.243. The van der Waals surface area contributed by atoms with Gasteiger partial charge in [0.1, 0.15) is 17.4 Å². The summed E-state index contributed by atoms with van der Waals surface area (Å²) in [4.78, 5) is 27.6. The first-order valence-electron chi connectivity index (χ1n) is 11.4. The van der Waals surface area contributed by atoms with Crippen LogP contribution in [0.25, 0.3) is 22.4 Å². The van der Waals surface area contributed by atoms with Crippen molar-refractivity contribution in [1.29, 1.82) is 5.26 Å². The van der Waals surface area contributed by atoms with Crippen molar-refractivity contribution in [2.75, 3.05) is 6.54 Å². The van der Waals surface area contributed by atoms with Crippen molar-refractivity contribution in [3.8, 4) is 34.2 Å². The van der Waals surface area contributed by atoms with Gasteiger partial charge in [0.15, 0.2) is 0 Å². The molecule has 0 aliphatic carbocycles. The lowest BCUT2D eigenvalue weighted by Crippen LogP contribution is -2.25. The Morgan fingerprint density at radius 3 is 2.38 bits per heavy atom. The average molecular weight is 572 g/mol. The van der Waals surface area contributed by atoms with E-state index in [0.29, 0.717) is 11.1 Å². The molecule has 0 radical (unpaired) electrons. The summed E-state index contributed by atoms with van der Waals surface area (Å²) in [7, 11) is 0. The van der Waals surface area contributed by atoms with Gasteiger partial charge in [-0.05, 0) is 60.5 Å². The first-order valence-corrected chi connectivity index (χ1v) is 12.1. The SMILES string of the molecule is N#Cc1c(-c2cc(C(F)(F)F)ccc2Cl)cc(-c2cc(Cl)cc(CCNC(=O)c3ccccc3)c2O)[nH]c1=O. The zero-order chi connectivity index (χ0) is 28.3. The van der Waals surface area contributed by atoms with E-state index in [1.54, 1.807) is 36.4 Å². The molecule has 198 valence electrons. The molecule has 1 heterocycles. The lowest BCUT2D eigenvalue weighted by atomic mass is 9.96. The summed E-state index contributed by atoms with van der Waals surface area (Å²) < 4.78 is 40.1. The summed E-state index contributed by atoms with van der Waals surface area (Å²) in [6, 6.07) is 16.9. The largest absolute Gasteiger partial charge is 0.507 e. The third-order valence-corrected chi connectivity index (χ3v) is 6.44. The van der Waals surface area contributed by atoms with Gasteiger partial charge in [-0.3, -0.25) is 9.59 Å². The lowest BCUT2D eigenvalue weighted by molar-refractivity contribution is -0.137. The van der Waals surface area contributed by atoms with Crippen molar-refractivity contribution >= 4 is 29.1 Å². The Labute approximate surface area is 230 Å². The molecule has 0 fully saturated rings. The van der Waals surface area contributed by atoms with Crippen molar-refractivity contribution in [3.63, 3.8) is 0 Å². The number of carbonyl (C=O) groups is 1. The molecule has 11 heteroatoms. The maximum Gasteiger partial charge on any atom is 0.416 e. The number of aromatic amines is 1. The van der Waals surface area contributed by atoms with Crippen LogP contribution >= 0.6 is 23.2 Å². The predicted molar refractivity (Wildman–Crippen MR) is 142 cm³/mol. The number of alkyl halides is 3. The molecule has 1 aromatic heterocycles. The van der Waals surface area contributed by atoms with E-state index >= 15 is 0 Å². The Hall–Kier alpha value is -4.26. The van der Waals surface area contributed by atoms with E-state index in [1.807, 2.05) is 0 Å². The fraction of sp³-hybridized carbons (Fsp3) is 0.107. The van der Waals surface area contributed by atoms with E-state index in [9.17, 15) is 33.1 Å². The number of pyridine rings is 1. The van der Waals surface area contributed by atoms with Crippen molar-refractivity contribution in [2.24, 2.45) is 0 Å². The number of nitrogens with zero attached hydrogens (tertiary/aromatic N) is 1. The Morgan fingerprint density at radius 1 is 1.00 bits per heavy atom. The van der Waals surface area contributed by atoms with E-state index in [2.05, 4.69) is 10.3 Å². The molecule has 0 unspecified atom stereocenters. The van der Waals surface area contributed by atoms with Crippen LogP contribution in [0.3, 0.4) is 0 Å². The maximum absolute atomic E-state index is 13.4. The summed E-state index contributed by atoms with van der Waals surface area (Å²) >= 11 is 12.4. The topological polar surface area (TPSA) is 106 Å². The molecule has 4 aromatic rings. The predicted octanol–water partition coefficient (Wildman–Crippen LogP) is 6.58. The van der Waals surface area contributed by atoms with E-state index in [0.717, 1.165) is 18.2 Å². The summed E-state index contributed by atoms with van der Waals surface area (Å²) in [5.74, 6) is -0.578. The summed E-state index contributed by atoms with van der Waals surface area (Å²) in [5.41, 5.74) is -1.82. The number of phenols is 1. The number of aromatic hydroxyl groups is 1. The van der Waals surface area contributed by atoms with E-state index < -0.39 is 22.9 Å². The molecule has 0 bridgehead atoms.